The maximum Gasteiger partial charge on any atom is 0.258 e. The molecule has 0 saturated carbocycles. The average Bonchev–Trinajstić information content (AvgIpc) is 2.92. The highest BCUT2D eigenvalue weighted by Gasteiger charge is 2.18. The van der Waals surface area contributed by atoms with Crippen molar-refractivity contribution in [1.82, 2.24) is 4.98 Å². The highest BCUT2D eigenvalue weighted by atomic mass is 79.9. The monoisotopic (exact) mass is 336 g/mol. The summed E-state index contributed by atoms with van der Waals surface area (Å²) in [6.45, 7) is 1.97. The van der Waals surface area contributed by atoms with E-state index in [1.165, 1.54) is 11.3 Å². The Morgan fingerprint density at radius 1 is 1.42 bits per heavy atom. The molecular weight excluding hydrogens is 324 g/mol. The molecule has 0 aliphatic heterocycles. The first kappa shape index (κ1) is 12.8. The van der Waals surface area contributed by atoms with Crippen molar-refractivity contribution >= 4 is 38.3 Å². The lowest BCUT2D eigenvalue weighted by Gasteiger charge is -2.05. The summed E-state index contributed by atoms with van der Waals surface area (Å²) in [5.74, 6) is -0.108. The van der Waals surface area contributed by atoms with Crippen LogP contribution in [0.25, 0.3) is 0 Å². The third-order valence-electron chi connectivity index (χ3n) is 3.18. The minimum Gasteiger partial charge on any atom is -0.298 e. The van der Waals surface area contributed by atoms with Crippen molar-refractivity contribution < 1.29 is 4.79 Å². The number of halogens is 1. The predicted octanol–water partition coefficient (Wildman–Crippen LogP) is 3.96. The number of amides is 1. The number of anilines is 1. The summed E-state index contributed by atoms with van der Waals surface area (Å²) in [4.78, 5) is 18.0. The Bertz CT molecular complexity index is 629. The van der Waals surface area contributed by atoms with Crippen molar-refractivity contribution in [2.24, 2.45) is 0 Å². The van der Waals surface area contributed by atoms with Gasteiger partial charge in [0.25, 0.3) is 5.91 Å². The molecule has 1 N–H and O–H groups in total. The maximum absolute atomic E-state index is 12.2. The van der Waals surface area contributed by atoms with Crippen LogP contribution in [-0.2, 0) is 12.8 Å². The molecule has 1 heterocycles. The lowest BCUT2D eigenvalue weighted by Crippen LogP contribution is -2.12. The summed E-state index contributed by atoms with van der Waals surface area (Å²) in [5, 5.41) is 3.61. The zero-order valence-corrected chi connectivity index (χ0v) is 12.9. The van der Waals surface area contributed by atoms with Gasteiger partial charge in [0, 0.05) is 9.35 Å². The lowest BCUT2D eigenvalue weighted by atomic mass is 10.1. The van der Waals surface area contributed by atoms with E-state index < -0.39 is 0 Å². The lowest BCUT2D eigenvalue weighted by molar-refractivity contribution is 0.102. The van der Waals surface area contributed by atoms with E-state index in [-0.39, 0.29) is 5.91 Å². The molecule has 0 unspecified atom stereocenters. The molecule has 0 radical (unpaired) electrons. The minimum atomic E-state index is -0.108. The Hall–Kier alpha value is -1.20. The smallest absolute Gasteiger partial charge is 0.258 e. The zero-order chi connectivity index (χ0) is 13.4. The molecule has 3 nitrogen and oxygen atoms in total. The molecule has 1 amide bonds. The topological polar surface area (TPSA) is 42.0 Å². The number of carbonyl (C=O) groups excluding carboxylic acids is 1. The quantitative estimate of drug-likeness (QED) is 0.901. The Kier molecular flexibility index (Phi) is 3.41. The summed E-state index contributed by atoms with van der Waals surface area (Å²) in [5.41, 5.74) is 2.87. The normalized spacial score (nSPS) is 13.4. The molecule has 98 valence electrons. The third-order valence-corrected chi connectivity index (χ3v) is 4.95. The van der Waals surface area contributed by atoms with E-state index in [0.717, 1.165) is 28.6 Å². The van der Waals surface area contributed by atoms with Crippen LogP contribution in [0.5, 0.6) is 0 Å². The third kappa shape index (κ3) is 2.58. The van der Waals surface area contributed by atoms with Crippen molar-refractivity contribution in [3.8, 4) is 0 Å². The van der Waals surface area contributed by atoms with Crippen LogP contribution in [0.3, 0.4) is 0 Å². The number of benzene rings is 1. The number of aryl methyl sites for hydroxylation is 3. The van der Waals surface area contributed by atoms with Crippen LogP contribution in [0.4, 0.5) is 5.13 Å². The molecule has 1 aromatic carbocycles. The Morgan fingerprint density at radius 2 is 2.26 bits per heavy atom. The number of nitrogens with zero attached hydrogens (tertiary/aromatic N) is 1. The SMILES string of the molecule is Cc1ccc(Br)c(C(=O)Nc2nc3c(s2)CCC3)c1. The first-order valence-electron chi connectivity index (χ1n) is 6.19. The van der Waals surface area contributed by atoms with E-state index in [4.69, 9.17) is 0 Å². The van der Waals surface area contributed by atoms with Crippen molar-refractivity contribution in [3.63, 3.8) is 0 Å². The molecule has 0 spiro atoms. The molecule has 0 bridgehead atoms. The van der Waals surface area contributed by atoms with Gasteiger partial charge < -0.3 is 0 Å². The minimum absolute atomic E-state index is 0.108. The number of carbonyl (C=O) groups is 1. The van der Waals surface area contributed by atoms with E-state index in [1.54, 1.807) is 11.3 Å². The first-order chi connectivity index (χ1) is 9.13. The van der Waals surface area contributed by atoms with Gasteiger partial charge in [-0.1, -0.05) is 11.6 Å². The number of thiazole rings is 1. The predicted molar refractivity (Wildman–Crippen MR) is 81.0 cm³/mol. The van der Waals surface area contributed by atoms with Gasteiger partial charge in [0.1, 0.15) is 0 Å². The standard InChI is InChI=1S/C14H13BrN2OS/c1-8-5-6-10(15)9(7-8)13(18)17-14-16-11-3-2-4-12(11)19-14/h5-7H,2-4H2,1H3,(H,16,17,18). The van der Waals surface area contributed by atoms with Crippen LogP contribution >= 0.6 is 27.3 Å². The number of hydrogen-bond donors (Lipinski definition) is 1. The second kappa shape index (κ2) is 5.06. The van der Waals surface area contributed by atoms with Gasteiger partial charge in [-0.15, -0.1) is 11.3 Å². The molecule has 1 aliphatic carbocycles. The number of fused-ring (bicyclic) bond motifs is 1. The summed E-state index contributed by atoms with van der Waals surface area (Å²) in [6, 6.07) is 5.74. The van der Waals surface area contributed by atoms with E-state index in [1.807, 2.05) is 25.1 Å². The van der Waals surface area contributed by atoms with Crippen LogP contribution in [0.2, 0.25) is 0 Å². The van der Waals surface area contributed by atoms with Gasteiger partial charge in [-0.2, -0.15) is 0 Å². The summed E-state index contributed by atoms with van der Waals surface area (Å²) in [6.07, 6.45) is 3.32. The number of hydrogen-bond acceptors (Lipinski definition) is 3. The molecule has 1 aliphatic rings. The fraction of sp³-hybridized carbons (Fsp3) is 0.286. The molecule has 0 fully saturated rings. The molecule has 5 heteroatoms. The highest BCUT2D eigenvalue weighted by Crippen LogP contribution is 2.31. The van der Waals surface area contributed by atoms with E-state index in [0.29, 0.717) is 10.7 Å². The molecule has 0 atom stereocenters. The fourth-order valence-corrected chi connectivity index (χ4v) is 3.69. The average molecular weight is 337 g/mol. The zero-order valence-electron chi connectivity index (χ0n) is 10.5. The van der Waals surface area contributed by atoms with Gasteiger partial charge in [0.05, 0.1) is 11.3 Å². The van der Waals surface area contributed by atoms with Crippen LogP contribution in [-0.4, -0.2) is 10.9 Å². The van der Waals surface area contributed by atoms with Crippen molar-refractivity contribution in [3.05, 3.63) is 44.4 Å². The summed E-state index contributed by atoms with van der Waals surface area (Å²) >= 11 is 5.01. The van der Waals surface area contributed by atoms with Crippen LogP contribution in [0.15, 0.2) is 22.7 Å². The first-order valence-corrected chi connectivity index (χ1v) is 7.80. The number of rotatable bonds is 2. The second-order valence-electron chi connectivity index (χ2n) is 4.68. The molecule has 0 saturated heterocycles. The van der Waals surface area contributed by atoms with Gasteiger partial charge in [-0.3, -0.25) is 10.1 Å². The molecule has 1 aromatic heterocycles. The van der Waals surface area contributed by atoms with E-state index >= 15 is 0 Å². The fourth-order valence-electron chi connectivity index (χ4n) is 2.22. The van der Waals surface area contributed by atoms with Crippen molar-refractivity contribution in [2.45, 2.75) is 26.2 Å². The van der Waals surface area contributed by atoms with Gasteiger partial charge in [-0.25, -0.2) is 4.98 Å². The summed E-state index contributed by atoms with van der Waals surface area (Å²) in [7, 11) is 0. The highest BCUT2D eigenvalue weighted by molar-refractivity contribution is 9.10. The van der Waals surface area contributed by atoms with Gasteiger partial charge in [-0.05, 0) is 54.2 Å². The second-order valence-corrected chi connectivity index (χ2v) is 6.62. The maximum atomic E-state index is 12.2. The van der Waals surface area contributed by atoms with Gasteiger partial charge in [0.15, 0.2) is 5.13 Å². The number of aromatic nitrogens is 1. The van der Waals surface area contributed by atoms with E-state index in [9.17, 15) is 4.79 Å². The molecular formula is C14H13BrN2OS. The number of nitrogens with one attached hydrogen (secondary N) is 1. The van der Waals surface area contributed by atoms with Crippen molar-refractivity contribution in [2.75, 3.05) is 5.32 Å². The molecule has 2 aromatic rings. The van der Waals surface area contributed by atoms with Gasteiger partial charge in [0.2, 0.25) is 0 Å². The van der Waals surface area contributed by atoms with Crippen LogP contribution in [0, 0.1) is 6.92 Å². The largest absolute Gasteiger partial charge is 0.298 e. The van der Waals surface area contributed by atoms with Gasteiger partial charge >= 0.3 is 0 Å². The molecule has 19 heavy (non-hydrogen) atoms. The Labute approximate surface area is 124 Å². The van der Waals surface area contributed by atoms with E-state index in [2.05, 4.69) is 26.2 Å². The summed E-state index contributed by atoms with van der Waals surface area (Å²) < 4.78 is 0.805. The van der Waals surface area contributed by atoms with Crippen molar-refractivity contribution in [1.29, 1.82) is 0 Å². The Morgan fingerprint density at radius 3 is 3.05 bits per heavy atom. The molecule has 3 rings (SSSR count). The van der Waals surface area contributed by atoms with Crippen LogP contribution < -0.4 is 5.32 Å². The van der Waals surface area contributed by atoms with Crippen LogP contribution in [0.1, 0.15) is 32.9 Å². The Balaban J connectivity index is 1.82.